The van der Waals surface area contributed by atoms with Crippen LogP contribution in [0.15, 0.2) is 54.6 Å². The number of halogens is 2. The Morgan fingerprint density at radius 2 is 1.60 bits per heavy atom. The minimum absolute atomic E-state index is 0.0511. The van der Waals surface area contributed by atoms with E-state index in [4.69, 9.17) is 0 Å². The summed E-state index contributed by atoms with van der Waals surface area (Å²) in [6.45, 7) is 0.127. The van der Waals surface area contributed by atoms with Crippen LogP contribution in [0.5, 0.6) is 5.75 Å². The van der Waals surface area contributed by atoms with Crippen molar-refractivity contribution in [2.75, 3.05) is 31.1 Å². The molecule has 1 aliphatic heterocycles. The number of anilines is 1. The van der Waals surface area contributed by atoms with E-state index in [1.54, 1.807) is 12.1 Å². The van der Waals surface area contributed by atoms with E-state index in [-0.39, 0.29) is 18.1 Å². The zero-order chi connectivity index (χ0) is 17.6. The van der Waals surface area contributed by atoms with Gasteiger partial charge in [0, 0.05) is 31.9 Å². The fraction of sp³-hybridized carbons (Fsp3) is 0.316. The van der Waals surface area contributed by atoms with Crippen molar-refractivity contribution in [2.45, 2.75) is 13.0 Å². The maximum absolute atomic E-state index is 12.4. The van der Waals surface area contributed by atoms with E-state index < -0.39 is 6.61 Å². The molecule has 0 spiro atoms. The summed E-state index contributed by atoms with van der Waals surface area (Å²) in [4.78, 5) is 16.5. The van der Waals surface area contributed by atoms with Gasteiger partial charge in [-0.1, -0.05) is 30.3 Å². The highest BCUT2D eigenvalue weighted by molar-refractivity contribution is 5.79. The number of para-hydroxylation sites is 1. The van der Waals surface area contributed by atoms with Crippen LogP contribution in [0.4, 0.5) is 14.5 Å². The SMILES string of the molecule is O=C(Cc1ccc(OC(F)F)cc1)N1CCN(c2ccccc2)CC1. The van der Waals surface area contributed by atoms with E-state index in [9.17, 15) is 13.6 Å². The second kappa shape index (κ2) is 7.96. The van der Waals surface area contributed by atoms with Gasteiger partial charge in [0.05, 0.1) is 6.42 Å². The van der Waals surface area contributed by atoms with Crippen LogP contribution in [-0.4, -0.2) is 43.6 Å². The van der Waals surface area contributed by atoms with Crippen molar-refractivity contribution in [1.82, 2.24) is 4.90 Å². The van der Waals surface area contributed by atoms with Gasteiger partial charge >= 0.3 is 6.61 Å². The molecule has 0 unspecified atom stereocenters. The fourth-order valence-electron chi connectivity index (χ4n) is 2.93. The number of amides is 1. The van der Waals surface area contributed by atoms with Gasteiger partial charge in [-0.2, -0.15) is 8.78 Å². The number of hydrogen-bond acceptors (Lipinski definition) is 3. The summed E-state index contributed by atoms with van der Waals surface area (Å²) < 4.78 is 28.6. The van der Waals surface area contributed by atoms with Crippen molar-refractivity contribution >= 4 is 11.6 Å². The second-order valence-corrected chi connectivity index (χ2v) is 5.90. The summed E-state index contributed by atoms with van der Waals surface area (Å²) >= 11 is 0. The molecule has 1 heterocycles. The third-order valence-corrected chi connectivity index (χ3v) is 4.26. The second-order valence-electron chi connectivity index (χ2n) is 5.90. The summed E-state index contributed by atoms with van der Waals surface area (Å²) in [6, 6.07) is 16.4. The smallest absolute Gasteiger partial charge is 0.387 e. The number of piperazine rings is 1. The minimum Gasteiger partial charge on any atom is -0.435 e. The lowest BCUT2D eigenvalue weighted by Crippen LogP contribution is -2.49. The lowest BCUT2D eigenvalue weighted by atomic mass is 10.1. The molecule has 2 aromatic carbocycles. The molecule has 0 N–H and O–H groups in total. The summed E-state index contributed by atoms with van der Waals surface area (Å²) in [5, 5.41) is 0. The average Bonchev–Trinajstić information content (AvgIpc) is 2.64. The Labute approximate surface area is 145 Å². The van der Waals surface area contributed by atoms with Crippen LogP contribution in [0.3, 0.4) is 0 Å². The third kappa shape index (κ3) is 4.68. The van der Waals surface area contributed by atoms with Crippen molar-refractivity contribution < 1.29 is 18.3 Å². The van der Waals surface area contributed by atoms with Gasteiger partial charge in [-0.3, -0.25) is 4.79 Å². The number of ether oxygens (including phenoxy) is 1. The maximum atomic E-state index is 12.4. The Hall–Kier alpha value is -2.63. The quantitative estimate of drug-likeness (QED) is 0.834. The van der Waals surface area contributed by atoms with Crippen LogP contribution >= 0.6 is 0 Å². The molecule has 1 amide bonds. The molecule has 0 radical (unpaired) electrons. The largest absolute Gasteiger partial charge is 0.435 e. The molecule has 132 valence electrons. The molecule has 0 aliphatic carbocycles. The molecule has 1 fully saturated rings. The van der Waals surface area contributed by atoms with Crippen LogP contribution in [0, 0.1) is 0 Å². The first-order valence-corrected chi connectivity index (χ1v) is 8.23. The molecule has 1 saturated heterocycles. The molecular weight excluding hydrogens is 326 g/mol. The zero-order valence-corrected chi connectivity index (χ0v) is 13.8. The predicted molar refractivity (Wildman–Crippen MR) is 92.0 cm³/mol. The molecular formula is C19H20F2N2O2. The standard InChI is InChI=1S/C19H20F2N2O2/c20-19(21)25-17-8-6-15(7-9-17)14-18(24)23-12-10-22(11-13-23)16-4-2-1-3-5-16/h1-9,19H,10-14H2. The van der Waals surface area contributed by atoms with Gasteiger partial charge in [0.1, 0.15) is 5.75 Å². The Morgan fingerprint density at radius 1 is 0.960 bits per heavy atom. The van der Waals surface area contributed by atoms with Crippen molar-refractivity contribution in [3.63, 3.8) is 0 Å². The Morgan fingerprint density at radius 3 is 2.20 bits per heavy atom. The monoisotopic (exact) mass is 346 g/mol. The number of carbonyl (C=O) groups is 1. The zero-order valence-electron chi connectivity index (χ0n) is 13.8. The molecule has 0 atom stereocenters. The van der Waals surface area contributed by atoms with Crippen molar-refractivity contribution in [2.24, 2.45) is 0 Å². The van der Waals surface area contributed by atoms with E-state index in [0.717, 1.165) is 18.7 Å². The van der Waals surface area contributed by atoms with Crippen molar-refractivity contribution in [3.05, 3.63) is 60.2 Å². The first-order chi connectivity index (χ1) is 12.1. The summed E-state index contributed by atoms with van der Waals surface area (Å²) in [6.07, 6.45) is 0.264. The summed E-state index contributed by atoms with van der Waals surface area (Å²) in [7, 11) is 0. The van der Waals surface area contributed by atoms with Crippen LogP contribution < -0.4 is 9.64 Å². The van der Waals surface area contributed by atoms with Gasteiger partial charge < -0.3 is 14.5 Å². The number of rotatable bonds is 5. The molecule has 3 rings (SSSR count). The number of alkyl halides is 2. The normalized spacial score (nSPS) is 14.7. The topological polar surface area (TPSA) is 32.8 Å². The van der Waals surface area contributed by atoms with E-state index in [0.29, 0.717) is 13.1 Å². The molecule has 0 bridgehead atoms. The first kappa shape index (κ1) is 17.2. The van der Waals surface area contributed by atoms with Crippen molar-refractivity contribution in [1.29, 1.82) is 0 Å². The van der Waals surface area contributed by atoms with Crippen molar-refractivity contribution in [3.8, 4) is 5.75 Å². The van der Waals surface area contributed by atoms with E-state index in [2.05, 4.69) is 21.8 Å². The molecule has 2 aromatic rings. The molecule has 0 saturated carbocycles. The van der Waals surface area contributed by atoms with E-state index >= 15 is 0 Å². The highest BCUT2D eigenvalue weighted by atomic mass is 19.3. The van der Waals surface area contributed by atoms with Gasteiger partial charge in [-0.25, -0.2) is 0 Å². The van der Waals surface area contributed by atoms with Gasteiger partial charge in [0.15, 0.2) is 0 Å². The maximum Gasteiger partial charge on any atom is 0.387 e. The highest BCUT2D eigenvalue weighted by Crippen LogP contribution is 2.18. The van der Waals surface area contributed by atoms with Gasteiger partial charge in [0.25, 0.3) is 0 Å². The van der Waals surface area contributed by atoms with Gasteiger partial charge in [-0.05, 0) is 29.8 Å². The van der Waals surface area contributed by atoms with Crippen LogP contribution in [0.25, 0.3) is 0 Å². The Kier molecular flexibility index (Phi) is 5.48. The Bertz CT molecular complexity index is 684. The minimum atomic E-state index is -2.84. The fourth-order valence-corrected chi connectivity index (χ4v) is 2.93. The molecule has 0 aromatic heterocycles. The lowest BCUT2D eigenvalue weighted by Gasteiger charge is -2.36. The first-order valence-electron chi connectivity index (χ1n) is 8.23. The number of carbonyl (C=O) groups excluding carboxylic acids is 1. The molecule has 6 heteroatoms. The number of hydrogen-bond donors (Lipinski definition) is 0. The van der Waals surface area contributed by atoms with Crippen LogP contribution in [0.1, 0.15) is 5.56 Å². The lowest BCUT2D eigenvalue weighted by molar-refractivity contribution is -0.130. The third-order valence-electron chi connectivity index (χ3n) is 4.26. The molecule has 1 aliphatic rings. The van der Waals surface area contributed by atoms with Gasteiger partial charge in [0.2, 0.25) is 5.91 Å². The highest BCUT2D eigenvalue weighted by Gasteiger charge is 2.21. The summed E-state index contributed by atoms with van der Waals surface area (Å²) in [5.41, 5.74) is 1.96. The average molecular weight is 346 g/mol. The van der Waals surface area contributed by atoms with Crippen LogP contribution in [0.2, 0.25) is 0 Å². The number of benzene rings is 2. The molecule has 4 nitrogen and oxygen atoms in total. The number of nitrogens with zero attached hydrogens (tertiary/aromatic N) is 2. The van der Waals surface area contributed by atoms with Gasteiger partial charge in [-0.15, -0.1) is 0 Å². The van der Waals surface area contributed by atoms with Crippen LogP contribution in [-0.2, 0) is 11.2 Å². The predicted octanol–water partition coefficient (Wildman–Crippen LogP) is 3.18. The van der Waals surface area contributed by atoms with E-state index in [1.165, 1.54) is 17.8 Å². The molecule has 25 heavy (non-hydrogen) atoms. The summed E-state index contributed by atoms with van der Waals surface area (Å²) in [5.74, 6) is 0.151. The Balaban J connectivity index is 1.51. The van der Waals surface area contributed by atoms with E-state index in [1.807, 2.05) is 23.1 Å².